The third-order valence-electron chi connectivity index (χ3n) is 11.1. The molecule has 2 heterocycles. The minimum atomic E-state index is -1.45. The van der Waals surface area contributed by atoms with Gasteiger partial charge in [0, 0.05) is 11.5 Å². The molecule has 0 radical (unpaired) electrons. The zero-order chi connectivity index (χ0) is 45.6. The molecule has 2 aliphatic rings. The molecule has 2 fully saturated rings. The SMILES string of the molecule is [N-]=[N+]=NCCOCCO[C@@H]1O[C@H](COCc2ccccc2)[C@@H](O[C@@H]2O[C@H](COCc3ccccc3)[C@H](O)[C@H](O)[C@H]2OCc2ccccc2)[C@H](OCc2ccccc2)[C@H]1OCc1ccccc1. The summed E-state index contributed by atoms with van der Waals surface area (Å²) >= 11 is 0. The predicted molar refractivity (Wildman–Crippen MR) is 242 cm³/mol. The summed E-state index contributed by atoms with van der Waals surface area (Å²) < 4.78 is 65.1. The summed E-state index contributed by atoms with van der Waals surface area (Å²) in [5.74, 6) is 0. The largest absolute Gasteiger partial charge is 0.387 e. The van der Waals surface area contributed by atoms with Crippen LogP contribution in [0.1, 0.15) is 27.8 Å². The van der Waals surface area contributed by atoms with Crippen molar-refractivity contribution in [1.82, 2.24) is 0 Å². The number of benzene rings is 5. The van der Waals surface area contributed by atoms with Gasteiger partial charge in [-0.1, -0.05) is 157 Å². The molecule has 0 spiro atoms. The molecule has 66 heavy (non-hydrogen) atoms. The van der Waals surface area contributed by atoms with Gasteiger partial charge in [-0.2, -0.15) is 0 Å². The quantitative estimate of drug-likeness (QED) is 0.0250. The van der Waals surface area contributed by atoms with Crippen LogP contribution in [0.15, 0.2) is 157 Å². The van der Waals surface area contributed by atoms with Crippen molar-refractivity contribution in [2.45, 2.75) is 94.4 Å². The van der Waals surface area contributed by atoms with E-state index < -0.39 is 61.4 Å². The highest BCUT2D eigenvalue weighted by molar-refractivity contribution is 5.17. The number of azide groups is 1. The molecule has 0 bridgehead atoms. The van der Waals surface area contributed by atoms with Crippen molar-refractivity contribution in [2.24, 2.45) is 5.11 Å². The fourth-order valence-corrected chi connectivity index (χ4v) is 7.67. The van der Waals surface area contributed by atoms with E-state index in [0.29, 0.717) is 0 Å². The molecular weight excluding hydrogens is 847 g/mol. The second-order valence-corrected chi connectivity index (χ2v) is 15.9. The Kier molecular flexibility index (Phi) is 19.9. The van der Waals surface area contributed by atoms with Crippen LogP contribution in [0.4, 0.5) is 0 Å². The van der Waals surface area contributed by atoms with E-state index >= 15 is 0 Å². The zero-order valence-electron chi connectivity index (χ0n) is 36.8. The van der Waals surface area contributed by atoms with Crippen LogP contribution in [-0.4, -0.2) is 111 Å². The number of rotatable bonds is 26. The third-order valence-corrected chi connectivity index (χ3v) is 11.1. The van der Waals surface area contributed by atoms with Crippen molar-refractivity contribution in [3.05, 3.63) is 190 Å². The number of hydrogen-bond donors (Lipinski definition) is 2. The Morgan fingerprint density at radius 1 is 0.439 bits per heavy atom. The van der Waals surface area contributed by atoms with Gasteiger partial charge in [0.2, 0.25) is 0 Å². The summed E-state index contributed by atoms with van der Waals surface area (Å²) in [4.78, 5) is 2.79. The Bertz CT molecular complexity index is 2120. The topological polar surface area (TPSA) is 182 Å². The molecule has 5 aromatic carbocycles. The minimum Gasteiger partial charge on any atom is -0.387 e. The number of nitrogens with zero attached hydrogens (tertiary/aromatic N) is 3. The molecule has 2 N–H and O–H groups in total. The van der Waals surface area contributed by atoms with Gasteiger partial charge in [0.05, 0.1) is 66.1 Å². The van der Waals surface area contributed by atoms with Crippen LogP contribution in [0, 0.1) is 0 Å². The highest BCUT2D eigenvalue weighted by Gasteiger charge is 2.53. The van der Waals surface area contributed by atoms with Crippen LogP contribution < -0.4 is 0 Å². The summed E-state index contributed by atoms with van der Waals surface area (Å²) in [7, 11) is 0. The first-order chi connectivity index (χ1) is 32.6. The first-order valence-electron chi connectivity index (χ1n) is 22.3. The minimum absolute atomic E-state index is 0.0236. The molecular formula is C51H59N3O12. The summed E-state index contributed by atoms with van der Waals surface area (Å²) in [6.45, 7) is 1.63. The number of aliphatic hydroxyl groups is 2. The maximum Gasteiger partial charge on any atom is 0.187 e. The normalized spacial score (nSPS) is 25.2. The lowest BCUT2D eigenvalue weighted by Gasteiger charge is -2.49. The molecule has 2 aliphatic heterocycles. The zero-order valence-corrected chi connectivity index (χ0v) is 36.8. The van der Waals surface area contributed by atoms with Gasteiger partial charge in [-0.05, 0) is 33.3 Å². The van der Waals surface area contributed by atoms with E-state index in [9.17, 15) is 10.2 Å². The molecule has 7 rings (SSSR count). The monoisotopic (exact) mass is 905 g/mol. The van der Waals surface area contributed by atoms with Gasteiger partial charge in [0.1, 0.15) is 48.8 Å². The fraction of sp³-hybridized carbons (Fsp3) is 0.412. The highest BCUT2D eigenvalue weighted by atomic mass is 16.8. The molecule has 0 unspecified atom stereocenters. The van der Waals surface area contributed by atoms with E-state index in [-0.39, 0.29) is 72.6 Å². The van der Waals surface area contributed by atoms with Crippen molar-refractivity contribution >= 4 is 0 Å². The molecule has 0 amide bonds. The Labute approximate surface area is 385 Å². The van der Waals surface area contributed by atoms with Crippen LogP contribution in [-0.2, 0) is 80.4 Å². The standard InChI is InChI=1S/C51H59N3O12/c52-54-53-26-27-57-28-29-60-50-49(63-34-41-24-14-5-15-25-41)48(62-33-40-22-12-4-13-23-40)46(43(65-50)36-59-31-38-18-8-2-9-19-38)66-51-47(61-32-39-20-10-3-11-21-39)45(56)44(55)42(64-51)35-58-30-37-16-6-1-7-17-37/h1-25,42-51,55-56H,26-36H2/t42-,43-,44+,45+,46-,47-,48+,49-,50-,51+/m1/s1. The molecule has 0 aliphatic carbocycles. The molecule has 0 saturated carbocycles. The average Bonchev–Trinajstić information content (AvgIpc) is 3.36. The summed E-state index contributed by atoms with van der Waals surface area (Å²) in [5, 5.41) is 27.0. The lowest BCUT2D eigenvalue weighted by Crippen LogP contribution is -2.66. The fourth-order valence-electron chi connectivity index (χ4n) is 7.67. The first-order valence-corrected chi connectivity index (χ1v) is 22.3. The van der Waals surface area contributed by atoms with E-state index in [0.717, 1.165) is 27.8 Å². The van der Waals surface area contributed by atoms with E-state index in [4.69, 9.17) is 52.9 Å². The van der Waals surface area contributed by atoms with E-state index in [1.165, 1.54) is 0 Å². The Hall–Kier alpha value is -5.07. The van der Waals surface area contributed by atoms with Gasteiger partial charge in [-0.15, -0.1) is 0 Å². The lowest BCUT2D eigenvalue weighted by molar-refractivity contribution is -0.373. The van der Waals surface area contributed by atoms with Crippen LogP contribution in [0.3, 0.4) is 0 Å². The smallest absolute Gasteiger partial charge is 0.187 e. The molecule has 0 aromatic heterocycles. The summed E-state index contributed by atoms with van der Waals surface area (Å²) in [5.41, 5.74) is 13.2. The maximum atomic E-state index is 11.9. The van der Waals surface area contributed by atoms with Gasteiger partial charge in [0.15, 0.2) is 12.6 Å². The third kappa shape index (κ3) is 15.0. The number of aliphatic hydroxyl groups excluding tert-OH is 2. The molecule has 2 saturated heterocycles. The first kappa shape index (κ1) is 48.9. The van der Waals surface area contributed by atoms with Gasteiger partial charge >= 0.3 is 0 Å². The second kappa shape index (κ2) is 26.9. The van der Waals surface area contributed by atoms with Gasteiger partial charge in [0.25, 0.3) is 0 Å². The van der Waals surface area contributed by atoms with Crippen LogP contribution in [0.2, 0.25) is 0 Å². The maximum absolute atomic E-state index is 11.9. The lowest BCUT2D eigenvalue weighted by atomic mass is 9.96. The highest BCUT2D eigenvalue weighted by Crippen LogP contribution is 2.35. The van der Waals surface area contributed by atoms with Crippen molar-refractivity contribution in [3.8, 4) is 0 Å². The Balaban J connectivity index is 1.21. The molecule has 15 nitrogen and oxygen atoms in total. The molecule has 10 atom stereocenters. The number of ether oxygens (including phenoxy) is 10. The number of hydrogen-bond acceptors (Lipinski definition) is 13. The van der Waals surface area contributed by atoms with Crippen LogP contribution in [0.5, 0.6) is 0 Å². The van der Waals surface area contributed by atoms with Crippen molar-refractivity contribution < 1.29 is 57.6 Å². The van der Waals surface area contributed by atoms with Gasteiger partial charge in [-0.3, -0.25) is 0 Å². The van der Waals surface area contributed by atoms with Crippen molar-refractivity contribution in [2.75, 3.05) is 39.6 Å². The predicted octanol–water partition coefficient (Wildman–Crippen LogP) is 7.08. The molecule has 350 valence electrons. The van der Waals surface area contributed by atoms with E-state index in [1.54, 1.807) is 0 Å². The Morgan fingerprint density at radius 2 is 0.879 bits per heavy atom. The van der Waals surface area contributed by atoms with Gasteiger partial charge < -0.3 is 57.6 Å². The van der Waals surface area contributed by atoms with E-state index in [1.807, 2.05) is 152 Å². The average molecular weight is 906 g/mol. The van der Waals surface area contributed by atoms with Crippen LogP contribution in [0.25, 0.3) is 10.4 Å². The summed E-state index contributed by atoms with van der Waals surface area (Å²) in [6, 6.07) is 48.4. The Morgan fingerprint density at radius 3 is 1.38 bits per heavy atom. The summed E-state index contributed by atoms with van der Waals surface area (Å²) in [6.07, 6.45) is -11.0. The van der Waals surface area contributed by atoms with Gasteiger partial charge in [-0.25, -0.2) is 0 Å². The van der Waals surface area contributed by atoms with Crippen molar-refractivity contribution in [1.29, 1.82) is 0 Å². The molecule has 5 aromatic rings. The van der Waals surface area contributed by atoms with Crippen LogP contribution >= 0.6 is 0 Å². The second-order valence-electron chi connectivity index (χ2n) is 15.9. The van der Waals surface area contributed by atoms with Crippen molar-refractivity contribution in [3.63, 3.8) is 0 Å². The van der Waals surface area contributed by atoms with E-state index in [2.05, 4.69) is 10.0 Å². The molecule has 15 heteroatoms.